The highest BCUT2D eigenvalue weighted by atomic mass is 16.2. The Morgan fingerprint density at radius 2 is 1.88 bits per heavy atom. The number of nitrogens with zero attached hydrogens (tertiary/aromatic N) is 1. The Labute approximate surface area is 154 Å². The maximum Gasteiger partial charge on any atom is 0.229 e. The summed E-state index contributed by atoms with van der Waals surface area (Å²) in [6, 6.07) is 16.1. The summed E-state index contributed by atoms with van der Waals surface area (Å²) < 4.78 is 0. The topological polar surface area (TPSA) is 49.4 Å². The van der Waals surface area contributed by atoms with Crippen LogP contribution in [0.15, 0.2) is 48.5 Å². The van der Waals surface area contributed by atoms with Crippen LogP contribution in [0.5, 0.6) is 0 Å². The van der Waals surface area contributed by atoms with Crippen LogP contribution < -0.4 is 5.32 Å². The van der Waals surface area contributed by atoms with Crippen molar-refractivity contribution in [2.45, 2.75) is 38.6 Å². The van der Waals surface area contributed by atoms with Gasteiger partial charge in [-0.05, 0) is 55.0 Å². The molecule has 1 aliphatic carbocycles. The molecule has 0 spiro atoms. The minimum absolute atomic E-state index is 0.0125. The van der Waals surface area contributed by atoms with E-state index in [1.54, 1.807) is 0 Å². The number of aryl methyl sites for hydroxylation is 2. The van der Waals surface area contributed by atoms with Crippen molar-refractivity contribution in [3.8, 4) is 0 Å². The van der Waals surface area contributed by atoms with E-state index in [2.05, 4.69) is 17.4 Å². The zero-order chi connectivity index (χ0) is 18.1. The first-order chi connectivity index (χ1) is 12.6. The van der Waals surface area contributed by atoms with Crippen molar-refractivity contribution in [3.05, 3.63) is 65.2 Å². The first-order valence-corrected chi connectivity index (χ1v) is 9.39. The molecule has 1 heterocycles. The van der Waals surface area contributed by atoms with E-state index >= 15 is 0 Å². The molecular formula is C22H24N2O2. The van der Waals surface area contributed by atoms with Gasteiger partial charge in [0.05, 0.1) is 12.0 Å². The molecule has 2 amide bonds. The predicted molar refractivity (Wildman–Crippen MR) is 102 cm³/mol. The lowest BCUT2D eigenvalue weighted by atomic mass is 10.1. The quantitative estimate of drug-likeness (QED) is 0.915. The molecule has 2 aliphatic rings. The molecule has 0 bridgehead atoms. The molecule has 1 saturated heterocycles. The molecule has 0 unspecified atom stereocenters. The van der Waals surface area contributed by atoms with Crippen LogP contribution in [0.1, 0.15) is 42.5 Å². The normalized spacial score (nSPS) is 20.1. The van der Waals surface area contributed by atoms with E-state index in [-0.39, 0.29) is 30.2 Å². The Hall–Kier alpha value is -2.62. The molecule has 4 heteroatoms. The van der Waals surface area contributed by atoms with Crippen LogP contribution in [0.4, 0.5) is 5.69 Å². The first kappa shape index (κ1) is 16.8. The summed E-state index contributed by atoms with van der Waals surface area (Å²) in [7, 11) is 0. The number of hydrogen-bond acceptors (Lipinski definition) is 2. The fraction of sp³-hybridized carbons (Fsp3) is 0.364. The summed E-state index contributed by atoms with van der Waals surface area (Å²) in [5, 5.41) is 3.02. The van der Waals surface area contributed by atoms with Crippen LogP contribution in [-0.4, -0.2) is 23.3 Å². The highest BCUT2D eigenvalue weighted by molar-refractivity contribution is 5.97. The monoisotopic (exact) mass is 348 g/mol. The maximum atomic E-state index is 12.7. The fourth-order valence-corrected chi connectivity index (χ4v) is 4.09. The van der Waals surface area contributed by atoms with E-state index < -0.39 is 0 Å². The van der Waals surface area contributed by atoms with Gasteiger partial charge in [-0.2, -0.15) is 0 Å². The van der Waals surface area contributed by atoms with Crippen LogP contribution in [0.3, 0.4) is 0 Å². The Morgan fingerprint density at radius 3 is 2.69 bits per heavy atom. The molecule has 2 atom stereocenters. The van der Waals surface area contributed by atoms with Crippen molar-refractivity contribution in [1.29, 1.82) is 0 Å². The highest BCUT2D eigenvalue weighted by Crippen LogP contribution is 2.30. The number of rotatable bonds is 4. The van der Waals surface area contributed by atoms with E-state index in [9.17, 15) is 9.59 Å². The molecule has 0 aromatic heterocycles. The number of benzene rings is 2. The number of hydrogen-bond donors (Lipinski definition) is 1. The Balaban J connectivity index is 1.42. The number of carbonyl (C=O) groups is 2. The number of nitrogens with one attached hydrogen (secondary N) is 1. The van der Waals surface area contributed by atoms with Crippen molar-refractivity contribution < 1.29 is 9.59 Å². The van der Waals surface area contributed by atoms with Crippen molar-refractivity contribution in [3.63, 3.8) is 0 Å². The third kappa shape index (κ3) is 3.24. The molecule has 4 nitrogen and oxygen atoms in total. The molecule has 1 aliphatic heterocycles. The molecule has 26 heavy (non-hydrogen) atoms. The van der Waals surface area contributed by atoms with E-state index in [1.807, 2.05) is 48.2 Å². The van der Waals surface area contributed by atoms with Gasteiger partial charge in [0.1, 0.15) is 0 Å². The standard InChI is InChI=1S/C22H24N2O2/c1-15(16-6-3-2-4-7-16)24-14-19(13-21(24)25)22(26)23-20-11-10-17-8-5-9-18(17)12-20/h2-4,6-7,10-12,15,19H,5,8-9,13-14H2,1H3,(H,23,26)/t15-,19-/m1/s1. The van der Waals surface area contributed by atoms with Gasteiger partial charge >= 0.3 is 0 Å². The zero-order valence-corrected chi connectivity index (χ0v) is 15.1. The summed E-state index contributed by atoms with van der Waals surface area (Å²) in [6.07, 6.45) is 3.69. The average molecular weight is 348 g/mol. The van der Waals surface area contributed by atoms with Gasteiger partial charge in [0, 0.05) is 18.7 Å². The lowest BCUT2D eigenvalue weighted by molar-refractivity contribution is -0.129. The van der Waals surface area contributed by atoms with Crippen LogP contribution in [0.2, 0.25) is 0 Å². The summed E-state index contributed by atoms with van der Waals surface area (Å²) >= 11 is 0. The Morgan fingerprint density at radius 1 is 1.12 bits per heavy atom. The largest absolute Gasteiger partial charge is 0.335 e. The highest BCUT2D eigenvalue weighted by Gasteiger charge is 2.37. The van der Waals surface area contributed by atoms with E-state index in [4.69, 9.17) is 0 Å². The Kier molecular flexibility index (Phi) is 4.49. The van der Waals surface area contributed by atoms with Gasteiger partial charge in [-0.1, -0.05) is 36.4 Å². The molecular weight excluding hydrogens is 324 g/mol. The molecule has 2 aromatic rings. The van der Waals surface area contributed by atoms with Crippen molar-refractivity contribution >= 4 is 17.5 Å². The van der Waals surface area contributed by atoms with Crippen LogP contribution in [-0.2, 0) is 22.4 Å². The maximum absolute atomic E-state index is 12.7. The lowest BCUT2D eigenvalue weighted by Crippen LogP contribution is -2.30. The second-order valence-electron chi connectivity index (χ2n) is 7.36. The molecule has 134 valence electrons. The van der Waals surface area contributed by atoms with Gasteiger partial charge in [-0.25, -0.2) is 0 Å². The number of amides is 2. The number of fused-ring (bicyclic) bond motifs is 1. The molecule has 4 rings (SSSR count). The van der Waals surface area contributed by atoms with Gasteiger partial charge in [0.15, 0.2) is 0 Å². The van der Waals surface area contributed by atoms with Gasteiger partial charge in [-0.3, -0.25) is 9.59 Å². The van der Waals surface area contributed by atoms with Crippen molar-refractivity contribution in [1.82, 2.24) is 4.90 Å². The molecule has 1 fully saturated rings. The summed E-state index contributed by atoms with van der Waals surface area (Å²) in [6.45, 7) is 2.50. The van der Waals surface area contributed by atoms with E-state index in [0.29, 0.717) is 6.54 Å². The minimum Gasteiger partial charge on any atom is -0.335 e. The van der Waals surface area contributed by atoms with Crippen LogP contribution >= 0.6 is 0 Å². The zero-order valence-electron chi connectivity index (χ0n) is 15.1. The van der Waals surface area contributed by atoms with Gasteiger partial charge in [0.25, 0.3) is 0 Å². The SMILES string of the molecule is C[C@H](c1ccccc1)N1C[C@H](C(=O)Nc2ccc3c(c2)CCC3)CC1=O. The first-order valence-electron chi connectivity index (χ1n) is 9.39. The lowest BCUT2D eigenvalue weighted by Gasteiger charge is -2.25. The van der Waals surface area contributed by atoms with Gasteiger partial charge in [0.2, 0.25) is 11.8 Å². The van der Waals surface area contributed by atoms with Crippen molar-refractivity contribution in [2.24, 2.45) is 5.92 Å². The molecule has 0 radical (unpaired) electrons. The van der Waals surface area contributed by atoms with Gasteiger partial charge < -0.3 is 10.2 Å². The predicted octanol–water partition coefficient (Wildman–Crippen LogP) is 3.72. The van der Waals surface area contributed by atoms with Crippen LogP contribution in [0, 0.1) is 5.92 Å². The number of likely N-dealkylation sites (tertiary alicyclic amines) is 1. The third-order valence-electron chi connectivity index (χ3n) is 5.64. The molecule has 0 saturated carbocycles. The minimum atomic E-state index is -0.290. The van der Waals surface area contributed by atoms with Crippen LogP contribution in [0.25, 0.3) is 0 Å². The Bertz CT molecular complexity index is 831. The number of anilines is 1. The number of carbonyl (C=O) groups excluding carboxylic acids is 2. The summed E-state index contributed by atoms with van der Waals surface area (Å²) in [5.74, 6) is -0.295. The van der Waals surface area contributed by atoms with Crippen molar-refractivity contribution in [2.75, 3.05) is 11.9 Å². The average Bonchev–Trinajstić information content (AvgIpc) is 3.28. The van der Waals surface area contributed by atoms with E-state index in [1.165, 1.54) is 17.5 Å². The fourth-order valence-electron chi connectivity index (χ4n) is 4.09. The van der Waals surface area contributed by atoms with Gasteiger partial charge in [-0.15, -0.1) is 0 Å². The third-order valence-corrected chi connectivity index (χ3v) is 5.64. The summed E-state index contributed by atoms with van der Waals surface area (Å²) in [4.78, 5) is 27.0. The molecule has 2 aromatic carbocycles. The van der Waals surface area contributed by atoms with E-state index in [0.717, 1.165) is 24.1 Å². The molecule has 1 N–H and O–H groups in total. The summed E-state index contributed by atoms with van der Waals surface area (Å²) in [5.41, 5.74) is 4.67. The smallest absolute Gasteiger partial charge is 0.229 e. The second-order valence-corrected chi connectivity index (χ2v) is 7.36. The second kappa shape index (κ2) is 6.94.